The highest BCUT2D eigenvalue weighted by Gasteiger charge is 2.37. The summed E-state index contributed by atoms with van der Waals surface area (Å²) in [4.78, 5) is 40.3. The highest BCUT2D eigenvalue weighted by molar-refractivity contribution is 9.10. The summed E-state index contributed by atoms with van der Waals surface area (Å²) in [5.41, 5.74) is 0.717. The van der Waals surface area contributed by atoms with Crippen LogP contribution in [0.15, 0.2) is 27.6 Å². The van der Waals surface area contributed by atoms with Gasteiger partial charge in [-0.25, -0.2) is 0 Å². The molecule has 0 N–H and O–H groups in total. The third kappa shape index (κ3) is 4.73. The van der Waals surface area contributed by atoms with Crippen LogP contribution in [0.2, 0.25) is 0 Å². The smallest absolute Gasteiger partial charge is 0.294 e. The number of ether oxygens (including phenoxy) is 1. The van der Waals surface area contributed by atoms with Crippen LogP contribution in [0.3, 0.4) is 0 Å². The molecule has 6 nitrogen and oxygen atoms in total. The molecule has 3 amide bonds. The van der Waals surface area contributed by atoms with Crippen molar-refractivity contribution < 1.29 is 19.1 Å². The fraction of sp³-hybridized carbons (Fsp3) is 0.421. The van der Waals surface area contributed by atoms with E-state index in [2.05, 4.69) is 15.9 Å². The average molecular weight is 453 g/mol. The normalized spacial score (nSPS) is 18.7. The Morgan fingerprint density at radius 1 is 1.30 bits per heavy atom. The van der Waals surface area contributed by atoms with Crippen LogP contribution in [0.1, 0.15) is 31.7 Å². The van der Waals surface area contributed by atoms with Gasteiger partial charge in [-0.2, -0.15) is 0 Å². The lowest BCUT2D eigenvalue weighted by Gasteiger charge is -2.18. The molecule has 2 fully saturated rings. The second kappa shape index (κ2) is 8.93. The Hall–Kier alpha value is -1.80. The van der Waals surface area contributed by atoms with Gasteiger partial charge in [0.25, 0.3) is 11.1 Å². The van der Waals surface area contributed by atoms with Gasteiger partial charge in [-0.15, -0.1) is 0 Å². The van der Waals surface area contributed by atoms with Crippen LogP contribution in [0.4, 0.5) is 4.79 Å². The Morgan fingerprint density at radius 2 is 2.04 bits per heavy atom. The molecule has 8 heteroatoms. The quantitative estimate of drug-likeness (QED) is 0.612. The van der Waals surface area contributed by atoms with E-state index in [1.165, 1.54) is 0 Å². The van der Waals surface area contributed by atoms with Gasteiger partial charge in [0, 0.05) is 23.1 Å². The van der Waals surface area contributed by atoms with Gasteiger partial charge in [-0.3, -0.25) is 19.3 Å². The lowest BCUT2D eigenvalue weighted by atomic mass is 10.2. The average Bonchev–Trinajstić information content (AvgIpc) is 3.26. The fourth-order valence-corrected chi connectivity index (χ4v) is 4.16. The fourth-order valence-electron chi connectivity index (χ4n) is 2.95. The van der Waals surface area contributed by atoms with Crippen LogP contribution in [0, 0.1) is 0 Å². The summed E-state index contributed by atoms with van der Waals surface area (Å²) in [5, 5.41) is -0.412. The van der Waals surface area contributed by atoms with Gasteiger partial charge < -0.3 is 9.64 Å². The van der Waals surface area contributed by atoms with E-state index < -0.39 is 11.1 Å². The van der Waals surface area contributed by atoms with Crippen LogP contribution < -0.4 is 4.74 Å². The molecule has 2 aliphatic heterocycles. The Bertz CT molecular complexity index is 790. The number of carbonyl (C=O) groups excluding carboxylic acids is 3. The van der Waals surface area contributed by atoms with Crippen LogP contribution in [0.5, 0.6) is 5.75 Å². The minimum absolute atomic E-state index is 0.175. The van der Waals surface area contributed by atoms with E-state index in [4.69, 9.17) is 4.74 Å². The van der Waals surface area contributed by atoms with Crippen LogP contribution in [0.25, 0.3) is 6.08 Å². The third-order valence-electron chi connectivity index (χ3n) is 4.35. The summed E-state index contributed by atoms with van der Waals surface area (Å²) in [5.74, 6) is 0.0458. The first-order valence-electron chi connectivity index (χ1n) is 8.95. The molecule has 0 aromatic heterocycles. The van der Waals surface area contributed by atoms with Crippen molar-refractivity contribution in [2.24, 2.45) is 0 Å². The molecule has 2 aliphatic rings. The van der Waals surface area contributed by atoms with Gasteiger partial charge in [-0.1, -0.05) is 22.9 Å². The summed E-state index contributed by atoms with van der Waals surface area (Å²) in [7, 11) is 0. The van der Waals surface area contributed by atoms with Crippen LogP contribution in [-0.2, 0) is 9.59 Å². The summed E-state index contributed by atoms with van der Waals surface area (Å²) in [6, 6.07) is 5.53. The molecular weight excluding hydrogens is 432 g/mol. The molecule has 144 valence electrons. The van der Waals surface area contributed by atoms with Crippen LogP contribution in [-0.4, -0.2) is 53.1 Å². The second-order valence-corrected chi connectivity index (χ2v) is 8.30. The molecule has 0 atom stereocenters. The van der Waals surface area contributed by atoms with Crippen molar-refractivity contribution in [3.8, 4) is 5.75 Å². The van der Waals surface area contributed by atoms with E-state index in [1.54, 1.807) is 11.0 Å². The number of hydrogen-bond donors (Lipinski definition) is 0. The Kier molecular flexibility index (Phi) is 6.59. The van der Waals surface area contributed by atoms with Crippen molar-refractivity contribution in [2.45, 2.75) is 26.2 Å². The number of rotatable bonds is 6. The number of amides is 3. The summed E-state index contributed by atoms with van der Waals surface area (Å²) >= 11 is 4.28. The number of nitrogens with zero attached hydrogens (tertiary/aromatic N) is 2. The van der Waals surface area contributed by atoms with Crippen molar-refractivity contribution in [3.63, 3.8) is 0 Å². The number of thioether (sulfide) groups is 1. The predicted molar refractivity (Wildman–Crippen MR) is 108 cm³/mol. The van der Waals surface area contributed by atoms with Gasteiger partial charge in [0.05, 0.1) is 11.5 Å². The minimum atomic E-state index is -0.432. The van der Waals surface area contributed by atoms with Gasteiger partial charge >= 0.3 is 0 Å². The number of halogens is 1. The van der Waals surface area contributed by atoms with Crippen molar-refractivity contribution in [1.29, 1.82) is 0 Å². The highest BCUT2D eigenvalue weighted by atomic mass is 79.9. The molecule has 0 unspecified atom stereocenters. The highest BCUT2D eigenvalue weighted by Crippen LogP contribution is 2.35. The van der Waals surface area contributed by atoms with E-state index in [9.17, 15) is 14.4 Å². The number of imide groups is 1. The van der Waals surface area contributed by atoms with Gasteiger partial charge in [-0.05, 0) is 55.3 Å². The first kappa shape index (κ1) is 19.9. The molecular formula is C19H21BrN2O4S. The van der Waals surface area contributed by atoms with E-state index in [-0.39, 0.29) is 12.5 Å². The lowest BCUT2D eigenvalue weighted by Crippen LogP contribution is -2.40. The first-order chi connectivity index (χ1) is 13.0. The molecule has 0 bridgehead atoms. The molecule has 27 heavy (non-hydrogen) atoms. The zero-order valence-electron chi connectivity index (χ0n) is 15.1. The number of hydrogen-bond acceptors (Lipinski definition) is 5. The Labute approximate surface area is 171 Å². The Balaban J connectivity index is 1.78. The molecule has 0 aliphatic carbocycles. The molecule has 1 aromatic carbocycles. The molecule has 2 heterocycles. The zero-order valence-corrected chi connectivity index (χ0v) is 17.5. The van der Waals surface area contributed by atoms with E-state index in [0.717, 1.165) is 40.4 Å². The number of likely N-dealkylation sites (tertiary alicyclic amines) is 1. The largest absolute Gasteiger partial charge is 0.493 e. The number of carbonyl (C=O) groups is 3. The van der Waals surface area contributed by atoms with Gasteiger partial charge in [0.15, 0.2) is 0 Å². The second-order valence-electron chi connectivity index (χ2n) is 6.39. The molecule has 0 radical (unpaired) electrons. The molecule has 3 rings (SSSR count). The standard InChI is InChI=1S/C19H21BrN2O4S/c1-2-9-26-15-6-5-14(20)10-13(15)11-16-18(24)22(19(25)27-16)12-17(23)21-7-3-4-8-21/h5-6,10-11H,2-4,7-9,12H2,1H3/b16-11-. The van der Waals surface area contributed by atoms with Crippen molar-refractivity contribution in [1.82, 2.24) is 9.80 Å². The SMILES string of the molecule is CCCOc1ccc(Br)cc1/C=C1\SC(=O)N(CC(=O)N2CCCC2)C1=O. The van der Waals surface area contributed by atoms with E-state index in [1.807, 2.05) is 25.1 Å². The predicted octanol–water partition coefficient (Wildman–Crippen LogP) is 3.90. The minimum Gasteiger partial charge on any atom is -0.493 e. The maximum atomic E-state index is 12.7. The molecule has 0 spiro atoms. The van der Waals surface area contributed by atoms with E-state index in [0.29, 0.717) is 35.9 Å². The van der Waals surface area contributed by atoms with Crippen LogP contribution >= 0.6 is 27.7 Å². The summed E-state index contributed by atoms with van der Waals surface area (Å²) in [6.45, 7) is 3.78. The zero-order chi connectivity index (χ0) is 19.4. The van der Waals surface area contributed by atoms with Crippen molar-refractivity contribution in [2.75, 3.05) is 26.2 Å². The molecule has 2 saturated heterocycles. The van der Waals surface area contributed by atoms with Gasteiger partial charge in [0.2, 0.25) is 5.91 Å². The first-order valence-corrected chi connectivity index (χ1v) is 10.6. The van der Waals surface area contributed by atoms with Gasteiger partial charge in [0.1, 0.15) is 12.3 Å². The summed E-state index contributed by atoms with van der Waals surface area (Å²) in [6.07, 6.45) is 4.46. The summed E-state index contributed by atoms with van der Waals surface area (Å²) < 4.78 is 6.58. The van der Waals surface area contributed by atoms with Crippen molar-refractivity contribution in [3.05, 3.63) is 33.1 Å². The maximum absolute atomic E-state index is 12.7. The third-order valence-corrected chi connectivity index (χ3v) is 5.75. The van der Waals surface area contributed by atoms with Crippen molar-refractivity contribution >= 4 is 50.8 Å². The topological polar surface area (TPSA) is 66.9 Å². The molecule has 0 saturated carbocycles. The monoisotopic (exact) mass is 452 g/mol. The Morgan fingerprint density at radius 3 is 2.74 bits per heavy atom. The molecule has 1 aromatic rings. The maximum Gasteiger partial charge on any atom is 0.294 e. The lowest BCUT2D eigenvalue weighted by molar-refractivity contribution is -0.135. The van der Waals surface area contributed by atoms with E-state index >= 15 is 0 Å². The number of benzene rings is 1.